The van der Waals surface area contributed by atoms with Gasteiger partial charge in [0, 0.05) is 22.6 Å². The van der Waals surface area contributed by atoms with Gasteiger partial charge in [0.25, 0.3) is 0 Å². The van der Waals surface area contributed by atoms with E-state index in [-0.39, 0.29) is 12.3 Å². The van der Waals surface area contributed by atoms with E-state index in [4.69, 9.17) is 4.74 Å². The van der Waals surface area contributed by atoms with E-state index in [0.29, 0.717) is 0 Å². The third-order valence-corrected chi connectivity index (χ3v) is 3.77. The van der Waals surface area contributed by atoms with Crippen LogP contribution in [-0.2, 0) is 11.2 Å². The second kappa shape index (κ2) is 8.02. The molecule has 25 heavy (non-hydrogen) atoms. The van der Waals surface area contributed by atoms with Crippen LogP contribution in [0.5, 0.6) is 5.75 Å². The predicted octanol–water partition coefficient (Wildman–Crippen LogP) is 4.62. The molecule has 0 heterocycles. The van der Waals surface area contributed by atoms with E-state index >= 15 is 0 Å². The summed E-state index contributed by atoms with van der Waals surface area (Å²) in [6, 6.07) is 25.1. The molecule has 0 aliphatic carbocycles. The molecule has 3 aromatic rings. The van der Waals surface area contributed by atoms with E-state index in [1.54, 1.807) is 7.11 Å². The zero-order chi connectivity index (χ0) is 17.5. The van der Waals surface area contributed by atoms with Crippen molar-refractivity contribution >= 4 is 23.0 Å². The van der Waals surface area contributed by atoms with Crippen LogP contribution < -0.4 is 15.4 Å². The number of anilines is 3. The summed E-state index contributed by atoms with van der Waals surface area (Å²) in [6.45, 7) is 0. The molecule has 2 N–H and O–H groups in total. The summed E-state index contributed by atoms with van der Waals surface area (Å²) < 4.78 is 5.28. The molecule has 3 aromatic carbocycles. The van der Waals surface area contributed by atoms with Crippen LogP contribution in [0.3, 0.4) is 0 Å². The number of hydrogen-bond acceptors (Lipinski definition) is 3. The van der Waals surface area contributed by atoms with Crippen LogP contribution in [0.1, 0.15) is 5.56 Å². The molecule has 0 radical (unpaired) electrons. The summed E-state index contributed by atoms with van der Waals surface area (Å²) in [5.74, 6) is 0.647. The molecule has 0 saturated heterocycles. The molecule has 4 nitrogen and oxygen atoms in total. The predicted molar refractivity (Wildman–Crippen MR) is 101 cm³/mol. The summed E-state index contributed by atoms with van der Waals surface area (Å²) in [5, 5.41) is 6.22. The molecular formula is C21H20N2O2. The lowest BCUT2D eigenvalue weighted by Crippen LogP contribution is -2.14. The zero-order valence-corrected chi connectivity index (χ0v) is 14.0. The Morgan fingerprint density at radius 1 is 0.800 bits per heavy atom. The van der Waals surface area contributed by atoms with Gasteiger partial charge < -0.3 is 15.4 Å². The van der Waals surface area contributed by atoms with Crippen molar-refractivity contribution in [3.63, 3.8) is 0 Å². The molecular weight excluding hydrogens is 312 g/mol. The maximum absolute atomic E-state index is 12.2. The first kappa shape index (κ1) is 16.6. The first-order chi connectivity index (χ1) is 12.2. The van der Waals surface area contributed by atoms with Crippen LogP contribution in [0.4, 0.5) is 17.1 Å². The molecule has 0 unspecified atom stereocenters. The number of carbonyl (C=O) groups is 1. The minimum atomic E-state index is -0.0757. The average molecular weight is 332 g/mol. The monoisotopic (exact) mass is 332 g/mol. The van der Waals surface area contributed by atoms with Gasteiger partial charge in [-0.15, -0.1) is 0 Å². The van der Waals surface area contributed by atoms with Gasteiger partial charge in [0.2, 0.25) is 5.91 Å². The van der Waals surface area contributed by atoms with Gasteiger partial charge in [-0.05, 0) is 42.5 Å². The molecule has 0 aliphatic rings. The fourth-order valence-electron chi connectivity index (χ4n) is 2.55. The Labute approximate surface area is 147 Å². The van der Waals surface area contributed by atoms with E-state index in [1.165, 1.54) is 0 Å². The highest BCUT2D eigenvalue weighted by atomic mass is 16.5. The standard InChI is InChI=1S/C21H20N2O2/c1-25-20-10-6-5-7-16(20)15-21(24)23-19-13-11-18(12-14-19)22-17-8-3-2-4-9-17/h2-14,22H,15H2,1H3,(H,23,24). The van der Waals surface area contributed by atoms with Gasteiger partial charge in [-0.2, -0.15) is 0 Å². The van der Waals surface area contributed by atoms with Gasteiger partial charge in [0.1, 0.15) is 5.75 Å². The lowest BCUT2D eigenvalue weighted by molar-refractivity contribution is -0.115. The fraction of sp³-hybridized carbons (Fsp3) is 0.0952. The number of para-hydroxylation sites is 2. The van der Waals surface area contributed by atoms with Crippen LogP contribution in [0.25, 0.3) is 0 Å². The molecule has 1 amide bonds. The normalized spacial score (nSPS) is 10.1. The SMILES string of the molecule is COc1ccccc1CC(=O)Nc1ccc(Nc2ccccc2)cc1. The largest absolute Gasteiger partial charge is 0.496 e. The first-order valence-corrected chi connectivity index (χ1v) is 8.08. The Balaban J connectivity index is 1.60. The maximum Gasteiger partial charge on any atom is 0.228 e. The van der Waals surface area contributed by atoms with Gasteiger partial charge in [-0.3, -0.25) is 4.79 Å². The number of ether oxygens (including phenoxy) is 1. The Bertz CT molecular complexity index is 830. The van der Waals surface area contributed by atoms with Gasteiger partial charge in [-0.1, -0.05) is 36.4 Å². The maximum atomic E-state index is 12.2. The quantitative estimate of drug-likeness (QED) is 0.692. The molecule has 0 spiro atoms. The van der Waals surface area contributed by atoms with E-state index in [1.807, 2.05) is 78.9 Å². The van der Waals surface area contributed by atoms with Crippen molar-refractivity contribution in [1.29, 1.82) is 0 Å². The molecule has 0 aromatic heterocycles. The highest BCUT2D eigenvalue weighted by molar-refractivity contribution is 5.92. The van der Waals surface area contributed by atoms with Gasteiger partial charge in [-0.25, -0.2) is 0 Å². The Kier molecular flexibility index (Phi) is 5.32. The van der Waals surface area contributed by atoms with Crippen molar-refractivity contribution in [2.24, 2.45) is 0 Å². The number of benzene rings is 3. The number of rotatable bonds is 6. The second-order valence-electron chi connectivity index (χ2n) is 5.61. The summed E-state index contributed by atoms with van der Waals surface area (Å²) in [4.78, 5) is 12.2. The number of carbonyl (C=O) groups excluding carboxylic acids is 1. The van der Waals surface area contributed by atoms with Gasteiger partial charge in [0.15, 0.2) is 0 Å². The lowest BCUT2D eigenvalue weighted by atomic mass is 10.1. The van der Waals surface area contributed by atoms with Crippen LogP contribution in [0.2, 0.25) is 0 Å². The Morgan fingerprint density at radius 2 is 1.40 bits per heavy atom. The van der Waals surface area contributed by atoms with E-state index in [9.17, 15) is 4.79 Å². The highest BCUT2D eigenvalue weighted by Crippen LogP contribution is 2.20. The minimum absolute atomic E-state index is 0.0757. The number of nitrogens with one attached hydrogen (secondary N) is 2. The summed E-state index contributed by atoms with van der Waals surface area (Å²) >= 11 is 0. The van der Waals surface area contributed by atoms with Crippen molar-refractivity contribution in [3.05, 3.63) is 84.4 Å². The van der Waals surface area contributed by atoms with Crippen LogP contribution in [0.15, 0.2) is 78.9 Å². The van der Waals surface area contributed by atoms with E-state index in [0.717, 1.165) is 28.4 Å². The smallest absolute Gasteiger partial charge is 0.228 e. The molecule has 126 valence electrons. The van der Waals surface area contributed by atoms with Crippen molar-refractivity contribution in [2.75, 3.05) is 17.7 Å². The summed E-state index contributed by atoms with van der Waals surface area (Å²) in [5.41, 5.74) is 3.62. The highest BCUT2D eigenvalue weighted by Gasteiger charge is 2.08. The summed E-state index contributed by atoms with van der Waals surface area (Å²) in [6.07, 6.45) is 0.272. The summed E-state index contributed by atoms with van der Waals surface area (Å²) in [7, 11) is 1.61. The van der Waals surface area contributed by atoms with Crippen LogP contribution in [-0.4, -0.2) is 13.0 Å². The van der Waals surface area contributed by atoms with Crippen molar-refractivity contribution in [3.8, 4) is 5.75 Å². The van der Waals surface area contributed by atoms with Gasteiger partial charge >= 0.3 is 0 Å². The molecule has 4 heteroatoms. The molecule has 0 fully saturated rings. The van der Waals surface area contributed by atoms with Crippen LogP contribution >= 0.6 is 0 Å². The molecule has 3 rings (SSSR count). The Morgan fingerprint density at radius 3 is 2.12 bits per heavy atom. The topological polar surface area (TPSA) is 50.4 Å². The molecule has 0 aliphatic heterocycles. The average Bonchev–Trinajstić information content (AvgIpc) is 2.64. The van der Waals surface area contributed by atoms with Crippen LogP contribution in [0, 0.1) is 0 Å². The van der Waals surface area contributed by atoms with Gasteiger partial charge in [0.05, 0.1) is 13.5 Å². The minimum Gasteiger partial charge on any atom is -0.496 e. The second-order valence-corrected chi connectivity index (χ2v) is 5.61. The van der Waals surface area contributed by atoms with Crippen molar-refractivity contribution in [2.45, 2.75) is 6.42 Å². The number of methoxy groups -OCH3 is 1. The first-order valence-electron chi connectivity index (χ1n) is 8.08. The lowest BCUT2D eigenvalue weighted by Gasteiger charge is -2.10. The molecule has 0 bridgehead atoms. The Hall–Kier alpha value is -3.27. The zero-order valence-electron chi connectivity index (χ0n) is 14.0. The third-order valence-electron chi connectivity index (χ3n) is 3.77. The molecule has 0 saturated carbocycles. The number of hydrogen-bond donors (Lipinski definition) is 2. The third kappa shape index (κ3) is 4.61. The van der Waals surface area contributed by atoms with Crippen molar-refractivity contribution in [1.82, 2.24) is 0 Å². The number of amides is 1. The molecule has 0 atom stereocenters. The fourth-order valence-corrected chi connectivity index (χ4v) is 2.55. The van der Waals surface area contributed by atoms with E-state index < -0.39 is 0 Å². The van der Waals surface area contributed by atoms with E-state index in [2.05, 4.69) is 10.6 Å². The van der Waals surface area contributed by atoms with Crippen molar-refractivity contribution < 1.29 is 9.53 Å².